The second kappa shape index (κ2) is 8.22. The average Bonchev–Trinajstić information content (AvgIpc) is 3.16. The molecule has 3 rings (SSSR count). The Balaban J connectivity index is 1.61. The van der Waals surface area contributed by atoms with E-state index in [2.05, 4.69) is 20.4 Å². The monoisotopic (exact) mass is 365 g/mol. The van der Waals surface area contributed by atoms with Crippen LogP contribution in [0.4, 0.5) is 5.69 Å². The van der Waals surface area contributed by atoms with Crippen molar-refractivity contribution < 1.29 is 14.1 Å². The van der Waals surface area contributed by atoms with Crippen molar-refractivity contribution >= 4 is 17.5 Å². The van der Waals surface area contributed by atoms with E-state index in [9.17, 15) is 9.59 Å². The summed E-state index contributed by atoms with van der Waals surface area (Å²) in [5.74, 6) is 0.311. The van der Waals surface area contributed by atoms with Crippen molar-refractivity contribution in [2.24, 2.45) is 0 Å². The lowest BCUT2D eigenvalue weighted by Gasteiger charge is -2.14. The fourth-order valence-electron chi connectivity index (χ4n) is 2.41. The van der Waals surface area contributed by atoms with E-state index in [1.54, 1.807) is 56.7 Å². The van der Waals surface area contributed by atoms with Crippen molar-refractivity contribution in [3.05, 3.63) is 60.1 Å². The van der Waals surface area contributed by atoms with E-state index in [4.69, 9.17) is 4.52 Å². The molecule has 0 bridgehead atoms. The van der Waals surface area contributed by atoms with Gasteiger partial charge < -0.3 is 14.7 Å². The van der Waals surface area contributed by atoms with Crippen LogP contribution >= 0.6 is 0 Å². The number of para-hydroxylation sites is 1. The van der Waals surface area contributed by atoms with Crippen molar-refractivity contribution in [2.75, 3.05) is 19.4 Å². The summed E-state index contributed by atoms with van der Waals surface area (Å²) < 4.78 is 5.17. The average molecular weight is 365 g/mol. The molecule has 1 aromatic carbocycles. The Bertz CT molecular complexity index is 937. The predicted octanol–water partition coefficient (Wildman–Crippen LogP) is 2.40. The minimum atomic E-state index is -0.244. The summed E-state index contributed by atoms with van der Waals surface area (Å²) in [4.78, 5) is 34.3. The summed E-state index contributed by atoms with van der Waals surface area (Å²) in [5.41, 5.74) is 1.51. The first-order valence-corrected chi connectivity index (χ1v) is 8.39. The van der Waals surface area contributed by atoms with Gasteiger partial charge in [-0.1, -0.05) is 23.4 Å². The van der Waals surface area contributed by atoms with Gasteiger partial charge >= 0.3 is 0 Å². The fourth-order valence-corrected chi connectivity index (χ4v) is 2.41. The molecule has 0 unspecified atom stereocenters. The zero-order chi connectivity index (χ0) is 19.2. The summed E-state index contributed by atoms with van der Waals surface area (Å²) >= 11 is 0. The van der Waals surface area contributed by atoms with Gasteiger partial charge in [-0.05, 0) is 24.3 Å². The number of hydrogen-bond donors (Lipinski definition) is 1. The number of nitrogens with zero attached hydrogens (tertiary/aromatic N) is 4. The van der Waals surface area contributed by atoms with Crippen LogP contribution in [0.15, 0.2) is 53.2 Å². The summed E-state index contributed by atoms with van der Waals surface area (Å²) in [5, 5.41) is 6.64. The van der Waals surface area contributed by atoms with E-state index in [-0.39, 0.29) is 24.7 Å². The Morgan fingerprint density at radius 1 is 1.11 bits per heavy atom. The zero-order valence-electron chi connectivity index (χ0n) is 15.0. The van der Waals surface area contributed by atoms with Crippen LogP contribution in [0.3, 0.4) is 0 Å². The first-order valence-electron chi connectivity index (χ1n) is 8.39. The molecule has 0 aliphatic heterocycles. The minimum absolute atomic E-state index is 0.147. The number of pyridine rings is 1. The van der Waals surface area contributed by atoms with E-state index >= 15 is 0 Å². The first-order chi connectivity index (χ1) is 13.0. The van der Waals surface area contributed by atoms with Crippen molar-refractivity contribution in [1.82, 2.24) is 20.0 Å². The molecule has 1 N–H and O–H groups in total. The third-order valence-electron chi connectivity index (χ3n) is 3.77. The molecule has 2 heterocycles. The lowest BCUT2D eigenvalue weighted by Crippen LogP contribution is -2.24. The van der Waals surface area contributed by atoms with Gasteiger partial charge in [0.15, 0.2) is 0 Å². The van der Waals surface area contributed by atoms with Gasteiger partial charge in [-0.3, -0.25) is 14.6 Å². The number of carbonyl (C=O) groups excluding carboxylic acids is 2. The van der Waals surface area contributed by atoms with Crippen LogP contribution in [-0.4, -0.2) is 45.9 Å². The molecule has 0 fully saturated rings. The molecule has 0 spiro atoms. The summed E-state index contributed by atoms with van der Waals surface area (Å²) in [6, 6.07) is 12.3. The third kappa shape index (κ3) is 4.55. The molecule has 0 radical (unpaired) electrons. The third-order valence-corrected chi connectivity index (χ3v) is 3.77. The zero-order valence-corrected chi connectivity index (χ0v) is 15.0. The molecule has 27 heavy (non-hydrogen) atoms. The molecular weight excluding hydrogens is 346 g/mol. The Morgan fingerprint density at radius 2 is 1.89 bits per heavy atom. The highest BCUT2D eigenvalue weighted by Gasteiger charge is 2.16. The topological polar surface area (TPSA) is 101 Å². The number of anilines is 1. The van der Waals surface area contributed by atoms with Gasteiger partial charge in [0.05, 0.1) is 11.3 Å². The van der Waals surface area contributed by atoms with E-state index in [1.807, 2.05) is 6.07 Å². The highest BCUT2D eigenvalue weighted by atomic mass is 16.5. The van der Waals surface area contributed by atoms with Crippen LogP contribution < -0.4 is 5.32 Å². The molecule has 2 amide bonds. The minimum Gasteiger partial charge on any atom is -0.345 e. The van der Waals surface area contributed by atoms with E-state index < -0.39 is 0 Å². The van der Waals surface area contributed by atoms with Crippen molar-refractivity contribution in [3.8, 4) is 11.5 Å². The molecule has 0 aliphatic carbocycles. The highest BCUT2D eigenvalue weighted by Crippen LogP contribution is 2.17. The number of amides is 2. The van der Waals surface area contributed by atoms with Crippen LogP contribution in [0, 0.1) is 0 Å². The largest absolute Gasteiger partial charge is 0.345 e. The normalized spacial score (nSPS) is 10.4. The second-order valence-corrected chi connectivity index (χ2v) is 6.02. The quantitative estimate of drug-likeness (QED) is 0.720. The van der Waals surface area contributed by atoms with Gasteiger partial charge in [-0.2, -0.15) is 4.98 Å². The predicted molar refractivity (Wildman–Crippen MR) is 98.9 cm³/mol. The van der Waals surface area contributed by atoms with Gasteiger partial charge in [0.1, 0.15) is 5.69 Å². The summed E-state index contributed by atoms with van der Waals surface area (Å²) in [6.07, 6.45) is 2.08. The van der Waals surface area contributed by atoms with Gasteiger partial charge in [-0.25, -0.2) is 0 Å². The Labute approximate surface area is 156 Å². The van der Waals surface area contributed by atoms with Crippen molar-refractivity contribution in [3.63, 3.8) is 0 Å². The molecular formula is C19H19N5O3. The molecule has 138 valence electrons. The van der Waals surface area contributed by atoms with Gasteiger partial charge in [0.2, 0.25) is 17.6 Å². The molecule has 3 aromatic rings. The Morgan fingerprint density at radius 3 is 2.63 bits per heavy atom. The number of benzene rings is 1. The Hall–Kier alpha value is -3.55. The molecule has 8 nitrogen and oxygen atoms in total. The van der Waals surface area contributed by atoms with Crippen LogP contribution in [0.25, 0.3) is 11.5 Å². The first kappa shape index (κ1) is 18.2. The molecule has 0 saturated heterocycles. The van der Waals surface area contributed by atoms with Gasteiger partial charge in [0, 0.05) is 33.1 Å². The van der Waals surface area contributed by atoms with Crippen molar-refractivity contribution in [1.29, 1.82) is 0 Å². The maximum absolute atomic E-state index is 12.3. The lowest BCUT2D eigenvalue weighted by atomic mass is 10.1. The maximum Gasteiger partial charge on any atom is 0.255 e. The lowest BCUT2D eigenvalue weighted by molar-refractivity contribution is -0.116. The van der Waals surface area contributed by atoms with Crippen LogP contribution in [0.5, 0.6) is 0 Å². The van der Waals surface area contributed by atoms with Gasteiger partial charge in [0.25, 0.3) is 5.91 Å². The maximum atomic E-state index is 12.3. The second-order valence-electron chi connectivity index (χ2n) is 6.02. The summed E-state index contributed by atoms with van der Waals surface area (Å²) in [6.45, 7) is 0. The number of aromatic nitrogens is 3. The molecule has 8 heteroatoms. The number of rotatable bonds is 6. The van der Waals surface area contributed by atoms with E-state index in [0.29, 0.717) is 28.7 Å². The highest BCUT2D eigenvalue weighted by molar-refractivity contribution is 6.03. The smallest absolute Gasteiger partial charge is 0.255 e. The standard InChI is InChI=1S/C19H19N5O3/c1-24(2)19(26)13-7-3-4-8-14(13)21-16(25)10-11-17-22-18(23-27-17)15-9-5-6-12-20-15/h3-9,12H,10-11H2,1-2H3,(H,21,25). The van der Waals surface area contributed by atoms with Crippen LogP contribution in [-0.2, 0) is 11.2 Å². The molecule has 0 saturated carbocycles. The number of hydrogen-bond acceptors (Lipinski definition) is 6. The van der Waals surface area contributed by atoms with E-state index in [1.165, 1.54) is 4.90 Å². The molecule has 0 aliphatic rings. The number of nitrogens with one attached hydrogen (secondary N) is 1. The summed E-state index contributed by atoms with van der Waals surface area (Å²) in [7, 11) is 3.32. The molecule has 0 atom stereocenters. The SMILES string of the molecule is CN(C)C(=O)c1ccccc1NC(=O)CCc1nc(-c2ccccn2)no1. The van der Waals surface area contributed by atoms with Crippen LogP contribution in [0.2, 0.25) is 0 Å². The number of aryl methyl sites for hydroxylation is 1. The van der Waals surface area contributed by atoms with Crippen LogP contribution in [0.1, 0.15) is 22.7 Å². The van der Waals surface area contributed by atoms with Crippen molar-refractivity contribution in [2.45, 2.75) is 12.8 Å². The number of carbonyl (C=O) groups is 2. The fraction of sp³-hybridized carbons (Fsp3) is 0.211. The molecule has 2 aromatic heterocycles. The Kier molecular flexibility index (Phi) is 5.55. The van der Waals surface area contributed by atoms with E-state index in [0.717, 1.165) is 0 Å². The van der Waals surface area contributed by atoms with Gasteiger partial charge in [-0.15, -0.1) is 0 Å².